The molecule has 1 heterocycles. The number of nitrogens with zero attached hydrogens (tertiary/aromatic N) is 1. The SMILES string of the molecule is CCCC1CN=C(Nc2ccc(F)cc2)S1. The van der Waals surface area contributed by atoms with Crippen LogP contribution in [0.15, 0.2) is 29.3 Å². The second kappa shape index (κ2) is 5.34. The van der Waals surface area contributed by atoms with Crippen molar-refractivity contribution in [3.05, 3.63) is 30.1 Å². The van der Waals surface area contributed by atoms with Gasteiger partial charge in [0.05, 0.1) is 6.54 Å². The zero-order valence-electron chi connectivity index (χ0n) is 9.24. The highest BCUT2D eigenvalue weighted by molar-refractivity contribution is 8.15. The van der Waals surface area contributed by atoms with Crippen LogP contribution in [-0.4, -0.2) is 17.0 Å². The first-order chi connectivity index (χ1) is 7.78. The molecule has 1 aromatic carbocycles. The lowest BCUT2D eigenvalue weighted by Gasteiger charge is -2.07. The molecule has 2 rings (SSSR count). The molecule has 1 aromatic rings. The summed E-state index contributed by atoms with van der Waals surface area (Å²) in [6.07, 6.45) is 2.39. The Balaban J connectivity index is 1.89. The van der Waals surface area contributed by atoms with E-state index in [-0.39, 0.29) is 5.82 Å². The number of amidine groups is 1. The fourth-order valence-electron chi connectivity index (χ4n) is 1.62. The van der Waals surface area contributed by atoms with Gasteiger partial charge >= 0.3 is 0 Å². The summed E-state index contributed by atoms with van der Waals surface area (Å²) in [4.78, 5) is 4.43. The van der Waals surface area contributed by atoms with E-state index >= 15 is 0 Å². The molecule has 4 heteroatoms. The number of benzene rings is 1. The van der Waals surface area contributed by atoms with E-state index in [0.717, 1.165) is 17.4 Å². The number of aliphatic imine (C=N–C) groups is 1. The van der Waals surface area contributed by atoms with Crippen LogP contribution in [0.25, 0.3) is 0 Å². The van der Waals surface area contributed by atoms with E-state index in [9.17, 15) is 4.39 Å². The Morgan fingerprint density at radius 3 is 2.88 bits per heavy atom. The third-order valence-corrected chi connectivity index (χ3v) is 3.60. The van der Waals surface area contributed by atoms with E-state index in [1.54, 1.807) is 23.9 Å². The average molecular weight is 238 g/mol. The first-order valence-electron chi connectivity index (χ1n) is 5.51. The van der Waals surface area contributed by atoms with Crippen LogP contribution in [0, 0.1) is 5.82 Å². The van der Waals surface area contributed by atoms with Gasteiger partial charge in [0, 0.05) is 10.9 Å². The lowest BCUT2D eigenvalue weighted by Crippen LogP contribution is -2.07. The second-order valence-electron chi connectivity index (χ2n) is 3.81. The molecule has 0 spiro atoms. The van der Waals surface area contributed by atoms with Crippen LogP contribution in [0.2, 0.25) is 0 Å². The number of thioether (sulfide) groups is 1. The summed E-state index contributed by atoms with van der Waals surface area (Å²) in [6.45, 7) is 3.08. The topological polar surface area (TPSA) is 24.4 Å². The van der Waals surface area contributed by atoms with E-state index in [2.05, 4.69) is 17.2 Å². The number of hydrogen-bond donors (Lipinski definition) is 1. The van der Waals surface area contributed by atoms with Crippen LogP contribution < -0.4 is 5.32 Å². The van der Waals surface area contributed by atoms with Crippen LogP contribution in [-0.2, 0) is 0 Å². The molecule has 2 nitrogen and oxygen atoms in total. The van der Waals surface area contributed by atoms with Crippen LogP contribution in [0.3, 0.4) is 0 Å². The number of nitrogens with one attached hydrogen (secondary N) is 1. The number of rotatable bonds is 3. The van der Waals surface area contributed by atoms with Crippen molar-refractivity contribution in [2.45, 2.75) is 25.0 Å². The number of hydrogen-bond acceptors (Lipinski definition) is 3. The zero-order chi connectivity index (χ0) is 11.4. The molecule has 0 amide bonds. The first-order valence-corrected chi connectivity index (χ1v) is 6.39. The summed E-state index contributed by atoms with van der Waals surface area (Å²) in [7, 11) is 0. The van der Waals surface area contributed by atoms with Crippen molar-refractivity contribution in [3.8, 4) is 0 Å². The molecule has 16 heavy (non-hydrogen) atoms. The van der Waals surface area contributed by atoms with Crippen molar-refractivity contribution in [3.63, 3.8) is 0 Å². The molecule has 1 atom stereocenters. The molecule has 0 fully saturated rings. The van der Waals surface area contributed by atoms with Crippen molar-refractivity contribution in [1.82, 2.24) is 0 Å². The maximum absolute atomic E-state index is 12.7. The van der Waals surface area contributed by atoms with E-state index in [1.807, 2.05) is 0 Å². The Morgan fingerprint density at radius 2 is 2.19 bits per heavy atom. The molecule has 86 valence electrons. The Kier molecular flexibility index (Phi) is 3.83. The van der Waals surface area contributed by atoms with Crippen LogP contribution >= 0.6 is 11.8 Å². The minimum atomic E-state index is -0.213. The molecule has 0 bridgehead atoms. The quantitative estimate of drug-likeness (QED) is 0.871. The standard InChI is InChI=1S/C12H15FN2S/c1-2-3-11-8-14-12(16-11)15-10-6-4-9(13)5-7-10/h4-7,11H,2-3,8H2,1H3,(H,14,15). The fourth-order valence-corrected chi connectivity index (χ4v) is 2.76. The molecule has 0 aromatic heterocycles. The molecule has 1 aliphatic rings. The molecule has 1 aliphatic heterocycles. The molecule has 0 radical (unpaired) electrons. The highest BCUT2D eigenvalue weighted by Crippen LogP contribution is 2.25. The Morgan fingerprint density at radius 1 is 1.44 bits per heavy atom. The van der Waals surface area contributed by atoms with Crippen molar-refractivity contribution in [2.24, 2.45) is 4.99 Å². The molecule has 0 aliphatic carbocycles. The van der Waals surface area contributed by atoms with Crippen molar-refractivity contribution >= 4 is 22.6 Å². The van der Waals surface area contributed by atoms with Gasteiger partial charge in [-0.3, -0.25) is 4.99 Å². The Bertz CT molecular complexity index is 375. The summed E-state index contributed by atoms with van der Waals surface area (Å²) in [5.74, 6) is -0.213. The van der Waals surface area contributed by atoms with Crippen molar-refractivity contribution in [2.75, 3.05) is 11.9 Å². The van der Waals surface area contributed by atoms with Crippen molar-refractivity contribution in [1.29, 1.82) is 0 Å². The molecule has 0 saturated heterocycles. The van der Waals surface area contributed by atoms with Crippen LogP contribution in [0.4, 0.5) is 10.1 Å². The van der Waals surface area contributed by atoms with E-state index in [1.165, 1.54) is 25.0 Å². The lowest BCUT2D eigenvalue weighted by molar-refractivity contribution is 0.628. The van der Waals surface area contributed by atoms with Gasteiger partial charge in [-0.15, -0.1) is 0 Å². The minimum absolute atomic E-state index is 0.213. The summed E-state index contributed by atoms with van der Waals surface area (Å²) in [5, 5.41) is 4.76. The highest BCUT2D eigenvalue weighted by Gasteiger charge is 2.18. The maximum Gasteiger partial charge on any atom is 0.161 e. The van der Waals surface area contributed by atoms with Crippen LogP contribution in [0.5, 0.6) is 0 Å². The highest BCUT2D eigenvalue weighted by atomic mass is 32.2. The maximum atomic E-state index is 12.7. The Hall–Kier alpha value is -1.03. The van der Waals surface area contributed by atoms with Crippen molar-refractivity contribution < 1.29 is 4.39 Å². The zero-order valence-corrected chi connectivity index (χ0v) is 10.1. The van der Waals surface area contributed by atoms with Gasteiger partial charge in [-0.1, -0.05) is 25.1 Å². The largest absolute Gasteiger partial charge is 0.335 e. The van der Waals surface area contributed by atoms with E-state index in [4.69, 9.17) is 0 Å². The van der Waals surface area contributed by atoms with Gasteiger partial charge in [0.15, 0.2) is 5.17 Å². The Labute approximate surface area is 99.3 Å². The first kappa shape index (κ1) is 11.5. The summed E-state index contributed by atoms with van der Waals surface area (Å²) < 4.78 is 12.7. The van der Waals surface area contributed by atoms with Gasteiger partial charge in [0.25, 0.3) is 0 Å². The van der Waals surface area contributed by atoms with Gasteiger partial charge in [-0.25, -0.2) is 4.39 Å². The third kappa shape index (κ3) is 2.98. The smallest absolute Gasteiger partial charge is 0.161 e. The molecule has 0 saturated carbocycles. The van der Waals surface area contributed by atoms with Gasteiger partial charge in [0.1, 0.15) is 5.82 Å². The summed E-state index contributed by atoms with van der Waals surface area (Å²) >= 11 is 1.78. The number of anilines is 1. The normalized spacial score (nSPS) is 19.6. The third-order valence-electron chi connectivity index (χ3n) is 2.42. The van der Waals surface area contributed by atoms with Gasteiger partial charge in [0.2, 0.25) is 0 Å². The van der Waals surface area contributed by atoms with Crippen LogP contribution in [0.1, 0.15) is 19.8 Å². The van der Waals surface area contributed by atoms with Gasteiger partial charge < -0.3 is 5.32 Å². The predicted molar refractivity (Wildman–Crippen MR) is 68.6 cm³/mol. The minimum Gasteiger partial charge on any atom is -0.335 e. The number of halogens is 1. The van der Waals surface area contributed by atoms with E-state index in [0.29, 0.717) is 5.25 Å². The lowest BCUT2D eigenvalue weighted by atomic mass is 10.2. The molecular weight excluding hydrogens is 223 g/mol. The average Bonchev–Trinajstić information content (AvgIpc) is 2.70. The second-order valence-corrected chi connectivity index (χ2v) is 5.10. The van der Waals surface area contributed by atoms with Gasteiger partial charge in [-0.2, -0.15) is 0 Å². The van der Waals surface area contributed by atoms with Gasteiger partial charge in [-0.05, 0) is 30.7 Å². The molecule has 1 unspecified atom stereocenters. The monoisotopic (exact) mass is 238 g/mol. The summed E-state index contributed by atoms with van der Waals surface area (Å²) in [5.41, 5.74) is 0.893. The fraction of sp³-hybridized carbons (Fsp3) is 0.417. The molecular formula is C12H15FN2S. The molecule has 1 N–H and O–H groups in total. The predicted octanol–water partition coefficient (Wildman–Crippen LogP) is 3.51. The van der Waals surface area contributed by atoms with E-state index < -0.39 is 0 Å². The summed E-state index contributed by atoms with van der Waals surface area (Å²) in [6, 6.07) is 6.36.